The summed E-state index contributed by atoms with van der Waals surface area (Å²) in [6.45, 7) is 0.256. The van der Waals surface area contributed by atoms with E-state index in [4.69, 9.17) is 4.74 Å². The van der Waals surface area contributed by atoms with Gasteiger partial charge in [0.05, 0.1) is 7.11 Å². The van der Waals surface area contributed by atoms with Crippen molar-refractivity contribution in [3.8, 4) is 11.5 Å². The van der Waals surface area contributed by atoms with Crippen LogP contribution in [0.4, 0.5) is 14.5 Å². The molecule has 0 bridgehead atoms. The van der Waals surface area contributed by atoms with Gasteiger partial charge in [-0.1, -0.05) is 30.3 Å². The number of likely N-dealkylation sites (N-methyl/N-ethyl adjacent to an activating group) is 1. The van der Waals surface area contributed by atoms with Crippen molar-refractivity contribution < 1.29 is 23.0 Å². The number of anilines is 1. The molecule has 1 fully saturated rings. The number of nitrogens with one attached hydrogen (secondary N) is 1. The molecule has 1 aliphatic heterocycles. The van der Waals surface area contributed by atoms with Crippen LogP contribution in [0.1, 0.15) is 11.6 Å². The number of piperazine rings is 1. The SMILES string of the molecule is COc1ccc(NC(=O)C(c2ccccc2)N2CCN(C)CC2)cc1OC(F)F. The van der Waals surface area contributed by atoms with E-state index < -0.39 is 12.7 Å². The van der Waals surface area contributed by atoms with E-state index in [1.807, 2.05) is 30.3 Å². The molecular formula is C21H25F2N3O3. The van der Waals surface area contributed by atoms with Crippen LogP contribution in [-0.4, -0.2) is 62.7 Å². The van der Waals surface area contributed by atoms with Crippen LogP contribution in [0.25, 0.3) is 0 Å². The lowest BCUT2D eigenvalue weighted by molar-refractivity contribution is -0.122. The average molecular weight is 405 g/mol. The first-order valence-corrected chi connectivity index (χ1v) is 9.39. The fourth-order valence-corrected chi connectivity index (χ4v) is 3.40. The van der Waals surface area contributed by atoms with Gasteiger partial charge in [-0.05, 0) is 24.7 Å². The summed E-state index contributed by atoms with van der Waals surface area (Å²) in [5.74, 6) is -0.188. The quantitative estimate of drug-likeness (QED) is 0.767. The number of rotatable bonds is 7. The van der Waals surface area contributed by atoms with E-state index >= 15 is 0 Å². The molecule has 2 aromatic rings. The zero-order valence-electron chi connectivity index (χ0n) is 16.5. The minimum absolute atomic E-state index is 0.129. The molecule has 0 spiro atoms. The summed E-state index contributed by atoms with van der Waals surface area (Å²) >= 11 is 0. The van der Waals surface area contributed by atoms with Crippen molar-refractivity contribution in [1.29, 1.82) is 0 Å². The lowest BCUT2D eigenvalue weighted by atomic mass is 10.0. The number of ether oxygens (including phenoxy) is 2. The predicted octanol–water partition coefficient (Wildman–Crippen LogP) is 3.22. The largest absolute Gasteiger partial charge is 0.493 e. The standard InChI is InChI=1S/C21H25F2N3O3/c1-25-10-12-26(13-11-25)19(15-6-4-3-5-7-15)20(27)24-16-8-9-17(28-2)18(14-16)29-21(22)23/h3-9,14,19,21H,10-13H2,1-2H3,(H,24,27). The Balaban J connectivity index is 1.83. The van der Waals surface area contributed by atoms with Crippen molar-refractivity contribution in [3.63, 3.8) is 0 Å². The summed E-state index contributed by atoms with van der Waals surface area (Å²) in [6, 6.07) is 13.5. The molecule has 1 atom stereocenters. The zero-order chi connectivity index (χ0) is 20.8. The van der Waals surface area contributed by atoms with Crippen LogP contribution in [0, 0.1) is 0 Å². The Morgan fingerprint density at radius 3 is 2.34 bits per heavy atom. The number of hydrogen-bond acceptors (Lipinski definition) is 5. The van der Waals surface area contributed by atoms with E-state index in [-0.39, 0.29) is 17.4 Å². The number of benzene rings is 2. The Morgan fingerprint density at radius 1 is 1.03 bits per heavy atom. The van der Waals surface area contributed by atoms with E-state index in [2.05, 4.69) is 26.9 Å². The van der Waals surface area contributed by atoms with Crippen molar-refractivity contribution in [3.05, 3.63) is 54.1 Å². The fourth-order valence-electron chi connectivity index (χ4n) is 3.40. The lowest BCUT2D eigenvalue weighted by Gasteiger charge is -2.37. The third kappa shape index (κ3) is 5.42. The second kappa shape index (κ2) is 9.67. The van der Waals surface area contributed by atoms with Gasteiger partial charge in [0.1, 0.15) is 6.04 Å². The number of amides is 1. The summed E-state index contributed by atoms with van der Waals surface area (Å²) in [4.78, 5) is 17.5. The highest BCUT2D eigenvalue weighted by Crippen LogP contribution is 2.32. The first kappa shape index (κ1) is 21.0. The summed E-state index contributed by atoms with van der Waals surface area (Å²) in [5, 5.41) is 2.84. The Bertz CT molecular complexity index is 812. The molecule has 0 saturated carbocycles. The summed E-state index contributed by atoms with van der Waals surface area (Å²) in [6.07, 6.45) is 0. The smallest absolute Gasteiger partial charge is 0.387 e. The van der Waals surface area contributed by atoms with E-state index in [1.165, 1.54) is 19.2 Å². The second-order valence-corrected chi connectivity index (χ2v) is 6.89. The number of carbonyl (C=O) groups is 1. The van der Waals surface area contributed by atoms with Gasteiger partial charge in [-0.25, -0.2) is 0 Å². The molecule has 8 heteroatoms. The van der Waals surface area contributed by atoms with E-state index in [9.17, 15) is 13.6 Å². The number of halogens is 2. The van der Waals surface area contributed by atoms with Gasteiger partial charge in [-0.15, -0.1) is 0 Å². The predicted molar refractivity (Wildman–Crippen MR) is 107 cm³/mol. The summed E-state index contributed by atoms with van der Waals surface area (Å²) in [5.41, 5.74) is 1.24. The van der Waals surface area contributed by atoms with Gasteiger partial charge in [0.15, 0.2) is 11.5 Å². The average Bonchev–Trinajstić information content (AvgIpc) is 2.70. The Hall–Kier alpha value is -2.71. The van der Waals surface area contributed by atoms with Gasteiger partial charge in [0.2, 0.25) is 5.91 Å². The minimum atomic E-state index is -2.99. The van der Waals surface area contributed by atoms with Gasteiger partial charge >= 0.3 is 6.61 Å². The number of hydrogen-bond donors (Lipinski definition) is 1. The number of carbonyl (C=O) groups excluding carboxylic acids is 1. The van der Waals surface area contributed by atoms with Gasteiger partial charge < -0.3 is 19.7 Å². The lowest BCUT2D eigenvalue weighted by Crippen LogP contribution is -2.48. The van der Waals surface area contributed by atoms with Crippen LogP contribution in [0.3, 0.4) is 0 Å². The van der Waals surface area contributed by atoms with Crippen LogP contribution < -0.4 is 14.8 Å². The first-order chi connectivity index (χ1) is 14.0. The second-order valence-electron chi connectivity index (χ2n) is 6.89. The molecule has 3 rings (SSSR count). The normalized spacial score (nSPS) is 16.4. The molecule has 156 valence electrons. The zero-order valence-corrected chi connectivity index (χ0v) is 16.5. The van der Waals surface area contributed by atoms with Crippen molar-refractivity contribution in [2.45, 2.75) is 12.7 Å². The van der Waals surface area contributed by atoms with Gasteiger partial charge in [-0.3, -0.25) is 9.69 Å². The van der Waals surface area contributed by atoms with Crippen molar-refractivity contribution in [2.24, 2.45) is 0 Å². The van der Waals surface area contributed by atoms with Crippen LogP contribution in [-0.2, 0) is 4.79 Å². The third-order valence-corrected chi connectivity index (χ3v) is 4.91. The number of methoxy groups -OCH3 is 1. The minimum Gasteiger partial charge on any atom is -0.493 e. The Morgan fingerprint density at radius 2 is 1.72 bits per heavy atom. The number of alkyl halides is 2. The molecule has 2 aromatic carbocycles. The molecule has 0 aliphatic carbocycles. The van der Waals surface area contributed by atoms with Crippen LogP contribution in [0.15, 0.2) is 48.5 Å². The highest BCUT2D eigenvalue weighted by Gasteiger charge is 2.30. The maximum atomic E-state index is 13.2. The molecule has 1 saturated heterocycles. The van der Waals surface area contributed by atoms with Gasteiger partial charge in [0, 0.05) is 37.9 Å². The fraction of sp³-hybridized carbons (Fsp3) is 0.381. The maximum Gasteiger partial charge on any atom is 0.387 e. The molecule has 1 unspecified atom stereocenters. The summed E-state index contributed by atoms with van der Waals surface area (Å²) in [7, 11) is 3.42. The van der Waals surface area contributed by atoms with Crippen LogP contribution >= 0.6 is 0 Å². The van der Waals surface area contributed by atoms with Crippen molar-refractivity contribution in [1.82, 2.24) is 9.80 Å². The van der Waals surface area contributed by atoms with E-state index in [0.29, 0.717) is 5.69 Å². The molecule has 0 radical (unpaired) electrons. The number of nitrogens with zero attached hydrogens (tertiary/aromatic N) is 2. The molecule has 1 N–H and O–H groups in total. The van der Waals surface area contributed by atoms with Crippen LogP contribution in [0.2, 0.25) is 0 Å². The van der Waals surface area contributed by atoms with E-state index in [1.54, 1.807) is 6.07 Å². The third-order valence-electron chi connectivity index (χ3n) is 4.91. The Kier molecular flexibility index (Phi) is 7.00. The summed E-state index contributed by atoms with van der Waals surface area (Å²) < 4.78 is 34.9. The molecule has 6 nitrogen and oxygen atoms in total. The van der Waals surface area contributed by atoms with Gasteiger partial charge in [-0.2, -0.15) is 8.78 Å². The first-order valence-electron chi connectivity index (χ1n) is 9.39. The molecule has 1 amide bonds. The molecule has 1 heterocycles. The molecular weight excluding hydrogens is 380 g/mol. The highest BCUT2D eigenvalue weighted by molar-refractivity contribution is 5.95. The van der Waals surface area contributed by atoms with E-state index in [0.717, 1.165) is 31.7 Å². The Labute approximate surface area is 169 Å². The molecule has 0 aromatic heterocycles. The molecule has 1 aliphatic rings. The highest BCUT2D eigenvalue weighted by atomic mass is 19.3. The van der Waals surface area contributed by atoms with Crippen molar-refractivity contribution >= 4 is 11.6 Å². The topological polar surface area (TPSA) is 54.0 Å². The van der Waals surface area contributed by atoms with Gasteiger partial charge in [0.25, 0.3) is 0 Å². The monoisotopic (exact) mass is 405 g/mol. The maximum absolute atomic E-state index is 13.2. The van der Waals surface area contributed by atoms with Crippen molar-refractivity contribution in [2.75, 3.05) is 45.7 Å². The molecule has 29 heavy (non-hydrogen) atoms. The van der Waals surface area contributed by atoms with Crippen LogP contribution in [0.5, 0.6) is 11.5 Å².